The number of nitrogens with one attached hydrogen (secondary N) is 1. The molecule has 0 fully saturated rings. The number of aromatic nitrogens is 1. The van der Waals surface area contributed by atoms with Crippen LogP contribution in [0.4, 0.5) is 0 Å². The molecule has 1 N–H and O–H groups in total. The molecule has 158 valence electrons. The predicted octanol–water partition coefficient (Wildman–Crippen LogP) is 3.21. The van der Waals surface area contributed by atoms with Gasteiger partial charge in [0.05, 0.1) is 12.8 Å². The molecule has 0 radical (unpaired) electrons. The number of benzene rings is 2. The number of para-hydroxylation sites is 1. The largest absolute Gasteiger partial charge is 0.454 e. The summed E-state index contributed by atoms with van der Waals surface area (Å²) in [6.07, 6.45) is -1.05. The van der Waals surface area contributed by atoms with Crippen LogP contribution < -0.4 is 0 Å². The molecule has 31 heavy (non-hydrogen) atoms. The minimum atomic E-state index is -0.987. The van der Waals surface area contributed by atoms with Crippen LogP contribution in [0.5, 0.6) is 0 Å². The summed E-state index contributed by atoms with van der Waals surface area (Å²) >= 11 is 0. The highest BCUT2D eigenvalue weighted by Gasteiger charge is 2.31. The maximum absolute atomic E-state index is 12.9. The minimum Gasteiger partial charge on any atom is -0.454 e. The normalized spacial score (nSPS) is 14.5. The van der Waals surface area contributed by atoms with Crippen LogP contribution in [0, 0.1) is 6.92 Å². The summed E-state index contributed by atoms with van der Waals surface area (Å²) < 4.78 is 5.32. The first kappa shape index (κ1) is 20.5. The van der Waals surface area contributed by atoms with Gasteiger partial charge in [0.25, 0.3) is 5.91 Å². The van der Waals surface area contributed by atoms with E-state index < -0.39 is 18.0 Å². The molecule has 1 aliphatic heterocycles. The van der Waals surface area contributed by atoms with Crippen molar-refractivity contribution in [3.63, 3.8) is 0 Å². The first-order valence-corrected chi connectivity index (χ1v) is 10.1. The molecule has 0 saturated heterocycles. The highest BCUT2D eigenvalue weighted by molar-refractivity contribution is 6.12. The molecule has 1 aliphatic rings. The Balaban J connectivity index is 1.40. The van der Waals surface area contributed by atoms with E-state index in [1.165, 1.54) is 6.92 Å². The van der Waals surface area contributed by atoms with Gasteiger partial charge in [0.1, 0.15) is 0 Å². The van der Waals surface area contributed by atoms with Crippen molar-refractivity contribution in [2.75, 3.05) is 6.54 Å². The molecule has 7 nitrogen and oxygen atoms in total. The van der Waals surface area contributed by atoms with Crippen molar-refractivity contribution in [3.8, 4) is 0 Å². The fourth-order valence-electron chi connectivity index (χ4n) is 3.94. The molecule has 7 heteroatoms. The van der Waals surface area contributed by atoms with Gasteiger partial charge in [-0.15, -0.1) is 0 Å². The minimum absolute atomic E-state index is 0.0855. The number of ketones is 1. The van der Waals surface area contributed by atoms with Gasteiger partial charge in [-0.1, -0.05) is 36.4 Å². The number of hydrogen-bond donors (Lipinski definition) is 1. The average Bonchev–Trinajstić information content (AvgIpc) is 3.08. The second-order valence-electron chi connectivity index (χ2n) is 7.60. The third-order valence-corrected chi connectivity index (χ3v) is 5.49. The maximum Gasteiger partial charge on any atom is 0.308 e. The van der Waals surface area contributed by atoms with E-state index in [1.807, 2.05) is 24.3 Å². The number of esters is 1. The van der Waals surface area contributed by atoms with E-state index in [1.54, 1.807) is 31.2 Å². The Kier molecular flexibility index (Phi) is 5.42. The summed E-state index contributed by atoms with van der Waals surface area (Å²) in [5, 5.41) is 0.774. The number of rotatable bonds is 6. The van der Waals surface area contributed by atoms with E-state index in [-0.39, 0.29) is 31.1 Å². The summed E-state index contributed by atoms with van der Waals surface area (Å²) in [6.45, 7) is 3.24. The summed E-state index contributed by atoms with van der Waals surface area (Å²) in [4.78, 5) is 54.4. The fourth-order valence-corrected chi connectivity index (χ4v) is 3.94. The van der Waals surface area contributed by atoms with Crippen LogP contribution in [-0.2, 0) is 20.7 Å². The number of aromatic amines is 1. The number of H-pyrrole nitrogens is 1. The number of Topliss-reactive ketones (excluding diaryl/α,β-unsaturated/α-hetero) is 1. The highest BCUT2D eigenvalue weighted by Crippen LogP contribution is 2.24. The number of fused-ring (bicyclic) bond motifs is 2. The second kappa shape index (κ2) is 8.18. The third-order valence-electron chi connectivity index (χ3n) is 5.49. The number of carbonyl (C=O) groups is 4. The Morgan fingerprint density at radius 3 is 2.61 bits per heavy atom. The first-order valence-electron chi connectivity index (χ1n) is 10.1. The van der Waals surface area contributed by atoms with Crippen LogP contribution in [0.2, 0.25) is 0 Å². The molecule has 0 saturated carbocycles. The van der Waals surface area contributed by atoms with Crippen molar-refractivity contribution in [2.24, 2.45) is 0 Å². The second-order valence-corrected chi connectivity index (χ2v) is 7.60. The lowest BCUT2D eigenvalue weighted by molar-refractivity contribution is -0.146. The molecule has 1 aromatic heterocycles. The molecule has 4 rings (SSSR count). The van der Waals surface area contributed by atoms with Crippen LogP contribution in [0.3, 0.4) is 0 Å². The topological polar surface area (TPSA) is 96.5 Å². The number of hydrogen-bond acceptors (Lipinski definition) is 5. The van der Waals surface area contributed by atoms with Crippen LogP contribution in [0.15, 0.2) is 48.5 Å². The van der Waals surface area contributed by atoms with Crippen molar-refractivity contribution in [2.45, 2.75) is 32.8 Å². The Hall–Kier alpha value is -3.74. The van der Waals surface area contributed by atoms with E-state index in [9.17, 15) is 19.2 Å². The lowest BCUT2D eigenvalue weighted by Crippen LogP contribution is -2.43. The quantitative estimate of drug-likeness (QED) is 0.377. The molecule has 1 atom stereocenters. The van der Waals surface area contributed by atoms with Gasteiger partial charge in [-0.3, -0.25) is 24.1 Å². The zero-order valence-electron chi connectivity index (χ0n) is 17.3. The van der Waals surface area contributed by atoms with E-state index in [0.717, 1.165) is 15.8 Å². The van der Waals surface area contributed by atoms with E-state index in [0.29, 0.717) is 22.4 Å². The van der Waals surface area contributed by atoms with Gasteiger partial charge in [-0.05, 0) is 31.5 Å². The molecule has 0 bridgehead atoms. The van der Waals surface area contributed by atoms with Crippen LogP contribution in [0.1, 0.15) is 45.3 Å². The van der Waals surface area contributed by atoms with Gasteiger partial charge in [0, 0.05) is 34.3 Å². The zero-order valence-corrected chi connectivity index (χ0v) is 17.3. The fraction of sp³-hybridized carbons (Fsp3) is 0.250. The van der Waals surface area contributed by atoms with E-state index >= 15 is 0 Å². The highest BCUT2D eigenvalue weighted by atomic mass is 16.5. The molecular formula is C24H22N2O5. The monoisotopic (exact) mass is 418 g/mol. The van der Waals surface area contributed by atoms with Crippen molar-refractivity contribution < 1.29 is 23.9 Å². The summed E-state index contributed by atoms with van der Waals surface area (Å²) in [6, 6.07) is 14.4. The number of carbonyl (C=O) groups excluding carboxylic acids is 4. The van der Waals surface area contributed by atoms with E-state index in [2.05, 4.69) is 4.98 Å². The average molecular weight is 418 g/mol. The van der Waals surface area contributed by atoms with Gasteiger partial charge in [-0.25, -0.2) is 0 Å². The molecule has 0 unspecified atom stereocenters. The molecule has 2 heterocycles. The van der Waals surface area contributed by atoms with Crippen LogP contribution in [0.25, 0.3) is 10.9 Å². The van der Waals surface area contributed by atoms with Gasteiger partial charge < -0.3 is 9.72 Å². The molecule has 0 aliphatic carbocycles. The maximum atomic E-state index is 12.9. The molecule has 2 aromatic carbocycles. The van der Waals surface area contributed by atoms with Crippen LogP contribution >= 0.6 is 0 Å². The van der Waals surface area contributed by atoms with Gasteiger partial charge in [0.2, 0.25) is 11.7 Å². The molecule has 2 amide bonds. The Morgan fingerprint density at radius 2 is 1.81 bits per heavy atom. The van der Waals surface area contributed by atoms with Crippen molar-refractivity contribution in [3.05, 3.63) is 70.9 Å². The third kappa shape index (κ3) is 3.86. The Bertz CT molecular complexity index is 1210. The summed E-state index contributed by atoms with van der Waals surface area (Å²) in [5.74, 6) is -1.71. The van der Waals surface area contributed by atoms with Gasteiger partial charge in [0.15, 0.2) is 6.10 Å². The zero-order chi connectivity index (χ0) is 22.1. The molecule has 0 spiro atoms. The number of aryl methyl sites for hydroxylation is 1. The number of imide groups is 1. The number of nitrogens with zero attached hydrogens (tertiary/aromatic N) is 1. The lowest BCUT2D eigenvalue weighted by Gasteiger charge is -2.26. The lowest BCUT2D eigenvalue weighted by atomic mass is 9.98. The smallest absolute Gasteiger partial charge is 0.308 e. The molecule has 3 aromatic rings. The Labute approximate surface area is 179 Å². The standard InChI is InChI=1S/C24H22N2O5/c1-14-22(18-9-5-6-10-19(18)25-14)23(29)15(2)31-21(28)11-12-26-20(27)13-16-7-3-4-8-17(16)24(26)30/h3-10,15,25H,11-13H2,1-2H3/t15-/m1/s1. The summed E-state index contributed by atoms with van der Waals surface area (Å²) in [7, 11) is 0. The van der Waals surface area contributed by atoms with Crippen molar-refractivity contribution >= 4 is 34.5 Å². The first-order chi connectivity index (χ1) is 14.9. The van der Waals surface area contributed by atoms with E-state index in [4.69, 9.17) is 4.74 Å². The van der Waals surface area contributed by atoms with Crippen molar-refractivity contribution in [1.29, 1.82) is 0 Å². The molecular weight excluding hydrogens is 396 g/mol. The van der Waals surface area contributed by atoms with Gasteiger partial charge in [-0.2, -0.15) is 0 Å². The Morgan fingerprint density at radius 1 is 1.10 bits per heavy atom. The predicted molar refractivity (Wildman–Crippen MR) is 114 cm³/mol. The summed E-state index contributed by atoms with van der Waals surface area (Å²) in [5.41, 5.74) is 3.19. The number of amides is 2. The number of ether oxygens (including phenoxy) is 1. The van der Waals surface area contributed by atoms with Crippen molar-refractivity contribution in [1.82, 2.24) is 9.88 Å². The SMILES string of the molecule is Cc1[nH]c2ccccc2c1C(=O)[C@@H](C)OC(=O)CCN1C(=O)Cc2ccccc2C1=O. The van der Waals surface area contributed by atoms with Gasteiger partial charge >= 0.3 is 5.97 Å². The van der Waals surface area contributed by atoms with Crippen LogP contribution in [-0.4, -0.2) is 46.1 Å².